The zero-order chi connectivity index (χ0) is 17.9. The van der Waals surface area contributed by atoms with E-state index >= 15 is 0 Å². The van der Waals surface area contributed by atoms with E-state index in [1.54, 1.807) is 32.0 Å². The first-order valence-corrected chi connectivity index (χ1v) is 9.70. The Morgan fingerprint density at radius 2 is 1.64 bits per heavy atom. The van der Waals surface area contributed by atoms with Gasteiger partial charge in [-0.3, -0.25) is 0 Å². The third kappa shape index (κ3) is 4.28. The largest absolute Gasteiger partial charge is 0.457 e. The topological polar surface area (TPSA) is 69.4 Å². The van der Waals surface area contributed by atoms with Crippen molar-refractivity contribution in [3.05, 3.63) is 77.2 Å². The summed E-state index contributed by atoms with van der Waals surface area (Å²) in [6.45, 7) is 3.46. The molecule has 130 valence electrons. The van der Waals surface area contributed by atoms with Crippen LogP contribution in [0.3, 0.4) is 0 Å². The highest BCUT2D eigenvalue weighted by atomic mass is 32.2. The molecule has 0 aliphatic rings. The van der Waals surface area contributed by atoms with Crippen LogP contribution in [-0.4, -0.2) is 13.6 Å². The maximum absolute atomic E-state index is 12.7. The second-order valence-corrected chi connectivity index (χ2v) is 7.92. The minimum absolute atomic E-state index is 0.103. The van der Waals surface area contributed by atoms with Crippen LogP contribution in [0.1, 0.15) is 22.6 Å². The van der Waals surface area contributed by atoms with E-state index in [9.17, 15) is 8.42 Å². The van der Waals surface area contributed by atoms with Gasteiger partial charge in [-0.25, -0.2) is 8.42 Å². The molecule has 0 unspecified atom stereocenters. The van der Waals surface area contributed by atoms with Gasteiger partial charge in [0.1, 0.15) is 17.3 Å². The lowest BCUT2D eigenvalue weighted by atomic mass is 10.2. The number of nitrogens with zero attached hydrogens (tertiary/aromatic N) is 1. The van der Waals surface area contributed by atoms with Crippen molar-refractivity contribution in [3.63, 3.8) is 0 Å². The molecular formula is C19H19NO4S. The SMILES string of the molecule is Cc1noc(C)c1CS(=O)(=O)Cc1ccccc1Oc1ccccc1. The molecule has 0 spiro atoms. The molecule has 0 N–H and O–H groups in total. The summed E-state index contributed by atoms with van der Waals surface area (Å²) in [6, 6.07) is 16.5. The van der Waals surface area contributed by atoms with Gasteiger partial charge < -0.3 is 9.26 Å². The van der Waals surface area contributed by atoms with Crippen LogP contribution < -0.4 is 4.74 Å². The van der Waals surface area contributed by atoms with Gasteiger partial charge in [0.2, 0.25) is 0 Å². The molecule has 0 radical (unpaired) electrons. The van der Waals surface area contributed by atoms with Crippen LogP contribution in [0.5, 0.6) is 11.5 Å². The number of benzene rings is 2. The van der Waals surface area contributed by atoms with Crippen molar-refractivity contribution in [3.8, 4) is 11.5 Å². The Bertz CT molecular complexity index is 943. The second kappa shape index (κ2) is 7.11. The Kier molecular flexibility index (Phi) is 4.90. The molecule has 3 aromatic rings. The molecule has 1 aromatic heterocycles. The summed E-state index contributed by atoms with van der Waals surface area (Å²) in [7, 11) is -3.40. The lowest BCUT2D eigenvalue weighted by Crippen LogP contribution is -2.09. The Morgan fingerprint density at radius 3 is 2.32 bits per heavy atom. The van der Waals surface area contributed by atoms with Crippen molar-refractivity contribution in [2.24, 2.45) is 0 Å². The van der Waals surface area contributed by atoms with Gasteiger partial charge in [0, 0.05) is 11.1 Å². The molecule has 0 saturated heterocycles. The number of hydrogen-bond acceptors (Lipinski definition) is 5. The molecule has 0 saturated carbocycles. The zero-order valence-corrected chi connectivity index (χ0v) is 14.9. The summed E-state index contributed by atoms with van der Waals surface area (Å²) < 4.78 is 36.2. The first kappa shape index (κ1) is 17.2. The number of para-hydroxylation sites is 2. The Balaban J connectivity index is 1.83. The van der Waals surface area contributed by atoms with Crippen molar-refractivity contribution in [1.82, 2.24) is 5.16 Å². The average molecular weight is 357 g/mol. The monoisotopic (exact) mass is 357 g/mol. The van der Waals surface area contributed by atoms with Crippen LogP contribution in [0.25, 0.3) is 0 Å². The van der Waals surface area contributed by atoms with E-state index < -0.39 is 9.84 Å². The summed E-state index contributed by atoms with van der Waals surface area (Å²) in [5.41, 5.74) is 1.86. The Morgan fingerprint density at radius 1 is 0.960 bits per heavy atom. The molecule has 3 rings (SSSR count). The van der Waals surface area contributed by atoms with Crippen molar-refractivity contribution in [1.29, 1.82) is 0 Å². The molecule has 0 atom stereocenters. The van der Waals surface area contributed by atoms with Gasteiger partial charge in [-0.05, 0) is 32.0 Å². The maximum Gasteiger partial charge on any atom is 0.158 e. The van der Waals surface area contributed by atoms with Crippen LogP contribution in [0.15, 0.2) is 59.1 Å². The zero-order valence-electron chi connectivity index (χ0n) is 14.1. The van der Waals surface area contributed by atoms with Gasteiger partial charge >= 0.3 is 0 Å². The van der Waals surface area contributed by atoms with Gasteiger partial charge in [0.25, 0.3) is 0 Å². The van der Waals surface area contributed by atoms with Crippen LogP contribution in [0, 0.1) is 13.8 Å². The lowest BCUT2D eigenvalue weighted by molar-refractivity contribution is 0.392. The highest BCUT2D eigenvalue weighted by Gasteiger charge is 2.21. The summed E-state index contributed by atoms with van der Waals surface area (Å²) in [4.78, 5) is 0. The molecule has 0 fully saturated rings. The third-order valence-electron chi connectivity index (χ3n) is 3.86. The highest BCUT2D eigenvalue weighted by molar-refractivity contribution is 7.89. The molecule has 6 heteroatoms. The van der Waals surface area contributed by atoms with Crippen LogP contribution in [0.2, 0.25) is 0 Å². The van der Waals surface area contributed by atoms with Crippen molar-refractivity contribution < 1.29 is 17.7 Å². The second-order valence-electron chi connectivity index (χ2n) is 5.86. The van der Waals surface area contributed by atoms with Crippen molar-refractivity contribution in [2.75, 3.05) is 0 Å². The van der Waals surface area contributed by atoms with E-state index in [1.165, 1.54) is 0 Å². The number of rotatable bonds is 6. The number of sulfone groups is 1. The van der Waals surface area contributed by atoms with E-state index in [1.807, 2.05) is 36.4 Å². The number of ether oxygens (including phenoxy) is 1. The first-order valence-electron chi connectivity index (χ1n) is 7.87. The molecule has 0 amide bonds. The number of aromatic nitrogens is 1. The summed E-state index contributed by atoms with van der Waals surface area (Å²) in [5.74, 6) is 1.53. The van der Waals surface area contributed by atoms with E-state index in [0.717, 1.165) is 0 Å². The highest BCUT2D eigenvalue weighted by Crippen LogP contribution is 2.28. The van der Waals surface area contributed by atoms with E-state index in [-0.39, 0.29) is 11.5 Å². The molecule has 0 aliphatic heterocycles. The predicted molar refractivity (Wildman–Crippen MR) is 95.3 cm³/mol. The lowest BCUT2D eigenvalue weighted by Gasteiger charge is -2.11. The van der Waals surface area contributed by atoms with Gasteiger partial charge in [-0.1, -0.05) is 41.6 Å². The van der Waals surface area contributed by atoms with Crippen LogP contribution >= 0.6 is 0 Å². The predicted octanol–water partition coefficient (Wildman–Crippen LogP) is 4.20. The van der Waals surface area contributed by atoms with E-state index in [4.69, 9.17) is 9.26 Å². The molecule has 0 aliphatic carbocycles. The van der Waals surface area contributed by atoms with Gasteiger partial charge in [-0.2, -0.15) is 0 Å². The van der Waals surface area contributed by atoms with E-state index in [2.05, 4.69) is 5.16 Å². The average Bonchev–Trinajstić information content (AvgIpc) is 2.89. The normalized spacial score (nSPS) is 11.4. The maximum atomic E-state index is 12.7. The van der Waals surface area contributed by atoms with Crippen molar-refractivity contribution >= 4 is 9.84 Å². The summed E-state index contributed by atoms with van der Waals surface area (Å²) in [6.07, 6.45) is 0. The van der Waals surface area contributed by atoms with E-state index in [0.29, 0.717) is 34.1 Å². The van der Waals surface area contributed by atoms with Gasteiger partial charge in [-0.15, -0.1) is 0 Å². The fraction of sp³-hybridized carbons (Fsp3) is 0.211. The van der Waals surface area contributed by atoms with Crippen LogP contribution in [-0.2, 0) is 21.3 Å². The molecule has 5 nitrogen and oxygen atoms in total. The molecule has 25 heavy (non-hydrogen) atoms. The molecule has 2 aromatic carbocycles. The van der Waals surface area contributed by atoms with Gasteiger partial charge in [0.05, 0.1) is 17.2 Å². The molecular weight excluding hydrogens is 338 g/mol. The first-order chi connectivity index (χ1) is 11.9. The Hall–Kier alpha value is -2.60. The smallest absolute Gasteiger partial charge is 0.158 e. The van der Waals surface area contributed by atoms with Gasteiger partial charge in [0.15, 0.2) is 9.84 Å². The minimum atomic E-state index is -3.40. The van der Waals surface area contributed by atoms with Crippen LogP contribution in [0.4, 0.5) is 0 Å². The molecule has 1 heterocycles. The fourth-order valence-electron chi connectivity index (χ4n) is 2.55. The fourth-order valence-corrected chi connectivity index (χ4v) is 4.22. The third-order valence-corrected chi connectivity index (χ3v) is 5.34. The number of hydrogen-bond donors (Lipinski definition) is 0. The standard InChI is InChI=1S/C19H19NO4S/c1-14-18(15(2)24-20-14)13-25(21,22)12-16-8-6-7-11-19(16)23-17-9-4-3-5-10-17/h3-11H,12-13H2,1-2H3. The van der Waals surface area contributed by atoms with Crippen molar-refractivity contribution in [2.45, 2.75) is 25.4 Å². The quantitative estimate of drug-likeness (QED) is 0.661. The summed E-state index contributed by atoms with van der Waals surface area (Å²) >= 11 is 0. The number of aryl methyl sites for hydroxylation is 2. The molecule has 0 bridgehead atoms. The minimum Gasteiger partial charge on any atom is -0.457 e. The Labute approximate surface area is 147 Å². The summed E-state index contributed by atoms with van der Waals surface area (Å²) in [5, 5.41) is 3.82.